The van der Waals surface area contributed by atoms with Crippen molar-refractivity contribution in [2.45, 2.75) is 13.8 Å². The largest absolute Gasteiger partial charge is 0.493 e. The van der Waals surface area contributed by atoms with Crippen LogP contribution in [0.25, 0.3) is 10.6 Å². The van der Waals surface area contributed by atoms with E-state index >= 15 is 0 Å². The molecule has 0 fully saturated rings. The molecule has 0 aliphatic heterocycles. The molecule has 1 N–H and O–H groups in total. The molecule has 0 atom stereocenters. The topological polar surface area (TPSA) is 69.2 Å². The zero-order chi connectivity index (χ0) is 17.1. The van der Waals surface area contributed by atoms with Crippen LogP contribution in [0.3, 0.4) is 0 Å². The molecule has 2 aromatic heterocycles. The highest BCUT2D eigenvalue weighted by Crippen LogP contribution is 2.32. The van der Waals surface area contributed by atoms with Crippen LogP contribution in [-0.4, -0.2) is 29.2 Å². The first-order chi connectivity index (χ1) is 11.6. The van der Waals surface area contributed by atoms with Gasteiger partial charge in [0.25, 0.3) is 0 Å². The van der Waals surface area contributed by atoms with Crippen molar-refractivity contribution >= 4 is 23.0 Å². The highest BCUT2D eigenvalue weighted by Gasteiger charge is 2.11. The molecule has 24 heavy (non-hydrogen) atoms. The van der Waals surface area contributed by atoms with Crippen LogP contribution in [0.15, 0.2) is 30.5 Å². The minimum Gasteiger partial charge on any atom is -0.493 e. The zero-order valence-electron chi connectivity index (χ0n) is 14.0. The molecule has 0 spiro atoms. The van der Waals surface area contributed by atoms with Crippen molar-refractivity contribution in [3.05, 3.63) is 41.2 Å². The number of benzene rings is 1. The Labute approximate surface area is 144 Å². The third-order valence-corrected chi connectivity index (χ3v) is 4.53. The Morgan fingerprint density at radius 2 is 1.79 bits per heavy atom. The standard InChI is InChI=1S/C17H18N4O2S/c1-10-16(24-11(2)19-10)13-7-8-18-17(21-13)20-12-5-6-14(22-3)15(9-12)23-4/h5-9H,1-4H3,(H,18,20,21). The van der Waals surface area contributed by atoms with Crippen LogP contribution in [-0.2, 0) is 0 Å². The van der Waals surface area contributed by atoms with E-state index in [1.807, 2.05) is 38.1 Å². The number of hydrogen-bond donors (Lipinski definition) is 1. The second-order valence-electron chi connectivity index (χ2n) is 5.11. The van der Waals surface area contributed by atoms with Gasteiger partial charge >= 0.3 is 0 Å². The van der Waals surface area contributed by atoms with Crippen molar-refractivity contribution in [3.8, 4) is 22.1 Å². The highest BCUT2D eigenvalue weighted by molar-refractivity contribution is 7.15. The van der Waals surface area contributed by atoms with Gasteiger partial charge in [-0.15, -0.1) is 11.3 Å². The number of hydrogen-bond acceptors (Lipinski definition) is 7. The van der Waals surface area contributed by atoms with Crippen LogP contribution in [0.5, 0.6) is 11.5 Å². The van der Waals surface area contributed by atoms with Gasteiger partial charge in [0.2, 0.25) is 5.95 Å². The molecule has 0 amide bonds. The van der Waals surface area contributed by atoms with Gasteiger partial charge in [-0.25, -0.2) is 15.0 Å². The summed E-state index contributed by atoms with van der Waals surface area (Å²) in [6, 6.07) is 7.46. The van der Waals surface area contributed by atoms with Gasteiger partial charge in [0.05, 0.1) is 35.5 Å². The van der Waals surface area contributed by atoms with Gasteiger partial charge < -0.3 is 14.8 Å². The Balaban J connectivity index is 1.89. The van der Waals surface area contributed by atoms with E-state index in [0.29, 0.717) is 17.4 Å². The van der Waals surface area contributed by atoms with Crippen LogP contribution in [0.2, 0.25) is 0 Å². The second-order valence-corrected chi connectivity index (χ2v) is 6.31. The zero-order valence-corrected chi connectivity index (χ0v) is 14.8. The summed E-state index contributed by atoms with van der Waals surface area (Å²) in [6.45, 7) is 3.98. The lowest BCUT2D eigenvalue weighted by molar-refractivity contribution is 0.355. The normalized spacial score (nSPS) is 10.5. The van der Waals surface area contributed by atoms with Crippen molar-refractivity contribution in [2.24, 2.45) is 0 Å². The molecule has 6 nitrogen and oxygen atoms in total. The van der Waals surface area contributed by atoms with E-state index in [2.05, 4.69) is 20.3 Å². The van der Waals surface area contributed by atoms with Crippen LogP contribution >= 0.6 is 11.3 Å². The third-order valence-electron chi connectivity index (χ3n) is 3.43. The van der Waals surface area contributed by atoms with Crippen LogP contribution < -0.4 is 14.8 Å². The number of aromatic nitrogens is 3. The van der Waals surface area contributed by atoms with E-state index in [1.54, 1.807) is 31.8 Å². The number of anilines is 2. The smallest absolute Gasteiger partial charge is 0.227 e. The fraction of sp³-hybridized carbons (Fsp3) is 0.235. The van der Waals surface area contributed by atoms with Crippen LogP contribution in [0.1, 0.15) is 10.7 Å². The number of aryl methyl sites for hydroxylation is 2. The van der Waals surface area contributed by atoms with Gasteiger partial charge in [0.1, 0.15) is 0 Å². The summed E-state index contributed by atoms with van der Waals surface area (Å²) in [5, 5.41) is 4.22. The highest BCUT2D eigenvalue weighted by atomic mass is 32.1. The predicted octanol–water partition coefficient (Wildman–Crippen LogP) is 3.98. The first kappa shape index (κ1) is 16.2. The van der Waals surface area contributed by atoms with Gasteiger partial charge in [-0.2, -0.15) is 0 Å². The molecule has 7 heteroatoms. The summed E-state index contributed by atoms with van der Waals surface area (Å²) < 4.78 is 10.6. The number of methoxy groups -OCH3 is 2. The maximum atomic E-state index is 5.31. The molecule has 124 valence electrons. The third kappa shape index (κ3) is 3.30. The van der Waals surface area contributed by atoms with Gasteiger partial charge in [0, 0.05) is 18.0 Å². The van der Waals surface area contributed by atoms with Crippen molar-refractivity contribution in [3.63, 3.8) is 0 Å². The van der Waals surface area contributed by atoms with Gasteiger partial charge in [-0.05, 0) is 32.0 Å². The number of thiazole rings is 1. The molecule has 1 aromatic carbocycles. The Bertz CT molecular complexity index is 864. The second kappa shape index (κ2) is 6.84. The Kier molecular flexibility index (Phi) is 4.61. The van der Waals surface area contributed by atoms with E-state index in [4.69, 9.17) is 9.47 Å². The van der Waals surface area contributed by atoms with E-state index in [0.717, 1.165) is 27.0 Å². The van der Waals surface area contributed by atoms with Crippen LogP contribution in [0.4, 0.5) is 11.6 Å². The van der Waals surface area contributed by atoms with E-state index in [-0.39, 0.29) is 0 Å². The van der Waals surface area contributed by atoms with Crippen molar-refractivity contribution < 1.29 is 9.47 Å². The monoisotopic (exact) mass is 342 g/mol. The molecule has 2 heterocycles. The maximum Gasteiger partial charge on any atom is 0.227 e. The maximum absolute atomic E-state index is 5.31. The minimum atomic E-state index is 0.519. The molecule has 3 rings (SSSR count). The molecule has 0 aliphatic rings. The average molecular weight is 342 g/mol. The Morgan fingerprint density at radius 3 is 2.46 bits per heavy atom. The first-order valence-corrected chi connectivity index (χ1v) is 8.19. The molecule has 0 saturated heterocycles. The lowest BCUT2D eigenvalue weighted by Gasteiger charge is -2.10. The number of ether oxygens (including phenoxy) is 2. The fourth-order valence-electron chi connectivity index (χ4n) is 2.36. The molecular weight excluding hydrogens is 324 g/mol. The number of nitrogens with one attached hydrogen (secondary N) is 1. The summed E-state index contributed by atoms with van der Waals surface area (Å²) >= 11 is 1.63. The molecular formula is C17H18N4O2S. The van der Waals surface area contributed by atoms with Gasteiger partial charge in [0.15, 0.2) is 11.5 Å². The lowest BCUT2D eigenvalue weighted by atomic mass is 10.2. The van der Waals surface area contributed by atoms with Crippen molar-refractivity contribution in [1.82, 2.24) is 15.0 Å². The fourth-order valence-corrected chi connectivity index (χ4v) is 3.25. The molecule has 0 radical (unpaired) electrons. The van der Waals surface area contributed by atoms with Gasteiger partial charge in [-0.3, -0.25) is 0 Å². The van der Waals surface area contributed by atoms with Crippen LogP contribution in [0, 0.1) is 13.8 Å². The van der Waals surface area contributed by atoms with Crippen molar-refractivity contribution in [2.75, 3.05) is 19.5 Å². The molecule has 0 saturated carbocycles. The number of rotatable bonds is 5. The molecule has 3 aromatic rings. The summed E-state index contributed by atoms with van der Waals surface area (Å²) in [4.78, 5) is 14.4. The first-order valence-electron chi connectivity index (χ1n) is 7.37. The Hall–Kier alpha value is -2.67. The summed E-state index contributed by atoms with van der Waals surface area (Å²) in [6.07, 6.45) is 1.74. The summed E-state index contributed by atoms with van der Waals surface area (Å²) in [7, 11) is 3.21. The Morgan fingerprint density at radius 1 is 1.00 bits per heavy atom. The van der Waals surface area contributed by atoms with Crippen molar-refractivity contribution in [1.29, 1.82) is 0 Å². The van der Waals surface area contributed by atoms with Gasteiger partial charge in [-0.1, -0.05) is 0 Å². The number of nitrogens with zero attached hydrogens (tertiary/aromatic N) is 3. The summed E-state index contributed by atoms with van der Waals surface area (Å²) in [5.74, 6) is 1.84. The quantitative estimate of drug-likeness (QED) is 0.756. The van der Waals surface area contributed by atoms with E-state index in [1.165, 1.54) is 0 Å². The van der Waals surface area contributed by atoms with E-state index in [9.17, 15) is 0 Å². The molecule has 0 bridgehead atoms. The molecule has 0 aliphatic carbocycles. The minimum absolute atomic E-state index is 0.519. The summed E-state index contributed by atoms with van der Waals surface area (Å²) in [5.41, 5.74) is 2.66. The SMILES string of the molecule is COc1ccc(Nc2nccc(-c3sc(C)nc3C)n2)cc1OC. The molecule has 0 unspecified atom stereocenters. The average Bonchev–Trinajstić information content (AvgIpc) is 2.93. The van der Waals surface area contributed by atoms with E-state index < -0.39 is 0 Å². The lowest BCUT2D eigenvalue weighted by Crippen LogP contribution is -1.99. The predicted molar refractivity (Wildman–Crippen MR) is 95.4 cm³/mol.